The fourth-order valence-electron chi connectivity index (χ4n) is 2.24. The first kappa shape index (κ1) is 11.0. The summed E-state index contributed by atoms with van der Waals surface area (Å²) in [4.78, 5) is 2.31. The number of hydrogen-bond acceptors (Lipinski definition) is 2. The van der Waals surface area contributed by atoms with E-state index in [-0.39, 0.29) is 6.10 Å². The van der Waals surface area contributed by atoms with Crippen molar-refractivity contribution in [3.05, 3.63) is 0 Å². The van der Waals surface area contributed by atoms with Gasteiger partial charge in [-0.15, -0.1) is 0 Å². The smallest absolute Gasteiger partial charge is 0.0695 e. The van der Waals surface area contributed by atoms with Gasteiger partial charge in [0.2, 0.25) is 0 Å². The van der Waals surface area contributed by atoms with Crippen molar-refractivity contribution in [2.45, 2.75) is 45.6 Å². The summed E-state index contributed by atoms with van der Waals surface area (Å²) >= 11 is 0. The van der Waals surface area contributed by atoms with Crippen LogP contribution in [0.1, 0.15) is 39.5 Å². The molecule has 2 heteroatoms. The molecule has 0 aromatic heterocycles. The first-order chi connectivity index (χ1) is 6.27. The Bertz CT molecular complexity index is 128. The van der Waals surface area contributed by atoms with Crippen LogP contribution >= 0.6 is 0 Å². The van der Waals surface area contributed by atoms with Crippen molar-refractivity contribution >= 4 is 0 Å². The maximum Gasteiger partial charge on any atom is 0.0695 e. The van der Waals surface area contributed by atoms with Crippen LogP contribution in [0.5, 0.6) is 0 Å². The Balaban J connectivity index is 2.25. The van der Waals surface area contributed by atoms with E-state index in [1.165, 1.54) is 25.7 Å². The highest BCUT2D eigenvalue weighted by Gasteiger charge is 2.23. The van der Waals surface area contributed by atoms with Gasteiger partial charge in [0.05, 0.1) is 6.10 Å². The molecule has 1 saturated carbocycles. The summed E-state index contributed by atoms with van der Waals surface area (Å²) in [7, 11) is 0. The number of rotatable bonds is 5. The van der Waals surface area contributed by atoms with Gasteiger partial charge in [0.1, 0.15) is 0 Å². The number of hydrogen-bond donors (Lipinski definition) is 1. The summed E-state index contributed by atoms with van der Waals surface area (Å²) in [5.74, 6) is 0.584. The van der Waals surface area contributed by atoms with Crippen LogP contribution in [0.25, 0.3) is 0 Å². The molecule has 2 nitrogen and oxygen atoms in total. The zero-order valence-corrected chi connectivity index (χ0v) is 9.00. The summed E-state index contributed by atoms with van der Waals surface area (Å²) in [6.45, 7) is 7.30. The Kier molecular flexibility index (Phi) is 4.74. The first-order valence-corrected chi connectivity index (χ1v) is 5.68. The van der Waals surface area contributed by atoms with Gasteiger partial charge in [-0.2, -0.15) is 0 Å². The van der Waals surface area contributed by atoms with Crippen molar-refractivity contribution in [3.8, 4) is 0 Å². The molecule has 13 heavy (non-hydrogen) atoms. The summed E-state index contributed by atoms with van der Waals surface area (Å²) in [6, 6.07) is 0. The van der Waals surface area contributed by atoms with Gasteiger partial charge in [-0.3, -0.25) is 0 Å². The molecule has 0 aromatic rings. The van der Waals surface area contributed by atoms with E-state index in [1.54, 1.807) is 0 Å². The summed E-state index contributed by atoms with van der Waals surface area (Å²) in [5.41, 5.74) is 0. The molecule has 0 aromatic carbocycles. The highest BCUT2D eigenvalue weighted by molar-refractivity contribution is 4.76. The van der Waals surface area contributed by atoms with E-state index in [1.807, 2.05) is 0 Å². The molecule has 0 saturated heterocycles. The predicted molar refractivity (Wildman–Crippen MR) is 55.8 cm³/mol. The van der Waals surface area contributed by atoms with Crippen LogP contribution in [0.4, 0.5) is 0 Å². The Morgan fingerprint density at radius 1 is 1.23 bits per heavy atom. The molecule has 1 fully saturated rings. The van der Waals surface area contributed by atoms with Crippen LogP contribution in [-0.4, -0.2) is 35.7 Å². The van der Waals surface area contributed by atoms with E-state index in [0.29, 0.717) is 5.92 Å². The van der Waals surface area contributed by atoms with Gasteiger partial charge in [0, 0.05) is 6.54 Å². The molecular formula is C11H23NO. The van der Waals surface area contributed by atoms with Gasteiger partial charge < -0.3 is 10.0 Å². The molecule has 78 valence electrons. The molecule has 0 amide bonds. The molecule has 0 spiro atoms. The van der Waals surface area contributed by atoms with Crippen molar-refractivity contribution in [3.63, 3.8) is 0 Å². The quantitative estimate of drug-likeness (QED) is 0.707. The van der Waals surface area contributed by atoms with Crippen LogP contribution in [-0.2, 0) is 0 Å². The van der Waals surface area contributed by atoms with E-state index in [9.17, 15) is 5.11 Å². The van der Waals surface area contributed by atoms with Gasteiger partial charge in [-0.1, -0.05) is 26.7 Å². The topological polar surface area (TPSA) is 23.5 Å². The minimum absolute atomic E-state index is 0.0811. The average molecular weight is 185 g/mol. The Morgan fingerprint density at radius 3 is 2.23 bits per heavy atom. The van der Waals surface area contributed by atoms with Crippen LogP contribution in [0.3, 0.4) is 0 Å². The standard InChI is InChI=1S/C11H23NO/c1-3-12(4-2)9-11(13)10-7-5-6-8-10/h10-11,13H,3-9H2,1-2H3. The van der Waals surface area contributed by atoms with Gasteiger partial charge in [0.15, 0.2) is 0 Å². The van der Waals surface area contributed by atoms with Gasteiger partial charge in [-0.05, 0) is 31.8 Å². The minimum atomic E-state index is -0.0811. The van der Waals surface area contributed by atoms with Crippen molar-refractivity contribution in [2.75, 3.05) is 19.6 Å². The van der Waals surface area contributed by atoms with Gasteiger partial charge in [-0.25, -0.2) is 0 Å². The van der Waals surface area contributed by atoms with Crippen LogP contribution in [0.15, 0.2) is 0 Å². The number of nitrogens with zero attached hydrogens (tertiary/aromatic N) is 1. The molecule has 1 aliphatic rings. The molecular weight excluding hydrogens is 162 g/mol. The lowest BCUT2D eigenvalue weighted by Gasteiger charge is -2.25. The molecule has 1 unspecified atom stereocenters. The second-order valence-corrected chi connectivity index (χ2v) is 4.10. The number of likely N-dealkylation sites (N-methyl/N-ethyl adjacent to an activating group) is 1. The van der Waals surface area contributed by atoms with Crippen molar-refractivity contribution in [1.29, 1.82) is 0 Å². The van der Waals surface area contributed by atoms with Gasteiger partial charge in [0.25, 0.3) is 0 Å². The fourth-order valence-corrected chi connectivity index (χ4v) is 2.24. The molecule has 1 atom stereocenters. The minimum Gasteiger partial charge on any atom is -0.392 e. The lowest BCUT2D eigenvalue weighted by molar-refractivity contribution is 0.0694. The summed E-state index contributed by atoms with van der Waals surface area (Å²) < 4.78 is 0. The molecule has 1 rings (SSSR count). The van der Waals surface area contributed by atoms with E-state index >= 15 is 0 Å². The van der Waals surface area contributed by atoms with Crippen LogP contribution < -0.4 is 0 Å². The van der Waals surface area contributed by atoms with Crippen molar-refractivity contribution < 1.29 is 5.11 Å². The molecule has 0 heterocycles. The largest absolute Gasteiger partial charge is 0.392 e. The average Bonchev–Trinajstić information content (AvgIpc) is 2.66. The molecule has 0 aliphatic heterocycles. The van der Waals surface area contributed by atoms with Crippen LogP contribution in [0, 0.1) is 5.92 Å². The van der Waals surface area contributed by atoms with E-state index in [0.717, 1.165) is 19.6 Å². The van der Waals surface area contributed by atoms with Crippen molar-refractivity contribution in [2.24, 2.45) is 5.92 Å². The lowest BCUT2D eigenvalue weighted by atomic mass is 10.0. The highest BCUT2D eigenvalue weighted by atomic mass is 16.3. The highest BCUT2D eigenvalue weighted by Crippen LogP contribution is 2.27. The predicted octanol–water partition coefficient (Wildman–Crippen LogP) is 1.88. The normalized spacial score (nSPS) is 21.2. The lowest BCUT2D eigenvalue weighted by Crippen LogP contribution is -2.35. The molecule has 0 radical (unpaired) electrons. The zero-order chi connectivity index (χ0) is 9.68. The molecule has 0 bridgehead atoms. The van der Waals surface area contributed by atoms with E-state index in [2.05, 4.69) is 18.7 Å². The second-order valence-electron chi connectivity index (χ2n) is 4.10. The third-order valence-corrected chi connectivity index (χ3v) is 3.28. The monoisotopic (exact) mass is 185 g/mol. The third kappa shape index (κ3) is 3.28. The van der Waals surface area contributed by atoms with Gasteiger partial charge >= 0.3 is 0 Å². The fraction of sp³-hybridized carbons (Fsp3) is 1.00. The number of aliphatic hydroxyl groups is 1. The van der Waals surface area contributed by atoms with Crippen molar-refractivity contribution in [1.82, 2.24) is 4.90 Å². The Morgan fingerprint density at radius 2 is 1.77 bits per heavy atom. The first-order valence-electron chi connectivity index (χ1n) is 5.68. The molecule has 1 N–H and O–H groups in total. The zero-order valence-electron chi connectivity index (χ0n) is 9.00. The third-order valence-electron chi connectivity index (χ3n) is 3.28. The maximum atomic E-state index is 9.94. The Hall–Kier alpha value is -0.0800. The Labute approximate surface area is 81.9 Å². The van der Waals surface area contributed by atoms with E-state index in [4.69, 9.17) is 0 Å². The van der Waals surface area contributed by atoms with Crippen LogP contribution in [0.2, 0.25) is 0 Å². The second kappa shape index (κ2) is 5.61. The number of aliphatic hydroxyl groups excluding tert-OH is 1. The van der Waals surface area contributed by atoms with E-state index < -0.39 is 0 Å². The maximum absolute atomic E-state index is 9.94. The SMILES string of the molecule is CCN(CC)CC(O)C1CCCC1. The summed E-state index contributed by atoms with van der Waals surface area (Å²) in [6.07, 6.45) is 5.03. The summed E-state index contributed by atoms with van der Waals surface area (Å²) in [5, 5.41) is 9.94. The molecule has 1 aliphatic carbocycles.